The molecule has 1 unspecified atom stereocenters. The van der Waals surface area contributed by atoms with E-state index in [1.54, 1.807) is 40.9 Å². The summed E-state index contributed by atoms with van der Waals surface area (Å²) in [7, 11) is 0. The second kappa shape index (κ2) is 17.6. The van der Waals surface area contributed by atoms with E-state index in [9.17, 15) is 19.2 Å². The fourth-order valence-corrected chi connectivity index (χ4v) is 6.00. The van der Waals surface area contributed by atoms with E-state index in [-0.39, 0.29) is 30.2 Å². The van der Waals surface area contributed by atoms with Crippen LogP contribution in [0, 0.1) is 0 Å². The van der Waals surface area contributed by atoms with Crippen molar-refractivity contribution in [2.45, 2.75) is 44.6 Å². The van der Waals surface area contributed by atoms with E-state index in [1.165, 1.54) is 0 Å². The number of hydrogen-bond donors (Lipinski definition) is 3. The molecule has 1 atom stereocenters. The number of thioether (sulfide) groups is 1. The van der Waals surface area contributed by atoms with Gasteiger partial charge in [0.15, 0.2) is 0 Å². The van der Waals surface area contributed by atoms with Gasteiger partial charge in [0.2, 0.25) is 11.8 Å². The predicted molar refractivity (Wildman–Crippen MR) is 182 cm³/mol. The van der Waals surface area contributed by atoms with Gasteiger partial charge < -0.3 is 20.9 Å². The third-order valence-electron chi connectivity index (χ3n) is 7.82. The minimum atomic E-state index is -0.694. The smallest absolute Gasteiger partial charge is 0.255 e. The number of halogens is 1. The minimum Gasteiger partial charge on any atom is -0.354 e. The Balaban J connectivity index is 1.75. The van der Waals surface area contributed by atoms with Crippen LogP contribution in [0.1, 0.15) is 58.4 Å². The van der Waals surface area contributed by atoms with Gasteiger partial charge in [-0.2, -0.15) is 11.8 Å². The van der Waals surface area contributed by atoms with Crippen molar-refractivity contribution in [3.05, 3.63) is 94.5 Å². The zero-order valence-electron chi connectivity index (χ0n) is 25.7. The minimum absolute atomic E-state index is 0.0658. The van der Waals surface area contributed by atoms with Crippen LogP contribution in [0.15, 0.2) is 72.8 Å². The van der Waals surface area contributed by atoms with E-state index >= 15 is 0 Å². The molecule has 1 aliphatic rings. The molecule has 10 heteroatoms. The molecule has 0 fully saturated rings. The van der Waals surface area contributed by atoms with Gasteiger partial charge in [-0.15, -0.1) is 0 Å². The van der Waals surface area contributed by atoms with E-state index in [2.05, 4.69) is 16.0 Å². The van der Waals surface area contributed by atoms with Crippen molar-refractivity contribution in [1.29, 1.82) is 0 Å². The number of benzene rings is 3. The fourth-order valence-electron chi connectivity index (χ4n) is 5.41. The number of nitrogens with one attached hydrogen (secondary N) is 3. The molecule has 0 saturated heterocycles. The lowest BCUT2D eigenvalue weighted by atomic mass is 9.93. The third-order valence-corrected chi connectivity index (χ3v) is 8.72. The van der Waals surface area contributed by atoms with Crippen LogP contribution in [0.3, 0.4) is 0 Å². The van der Waals surface area contributed by atoms with Gasteiger partial charge in [-0.3, -0.25) is 19.2 Å². The van der Waals surface area contributed by atoms with Gasteiger partial charge in [0.1, 0.15) is 6.04 Å². The van der Waals surface area contributed by atoms with E-state index in [4.69, 9.17) is 11.6 Å². The van der Waals surface area contributed by atoms with E-state index in [1.807, 2.05) is 54.8 Å². The SMILES string of the molecule is CSCCC1C(=O)NCCCCCC(=O)NCCNC(=O)c2ccccc2-c2ccccc2C(=O)N1CCc1ccc(Cl)cc1. The molecule has 3 N–H and O–H groups in total. The average molecular weight is 649 g/mol. The molecule has 0 spiro atoms. The van der Waals surface area contributed by atoms with Crippen molar-refractivity contribution >= 4 is 47.0 Å². The normalized spacial score (nSPS) is 17.4. The van der Waals surface area contributed by atoms with Crippen LogP contribution < -0.4 is 16.0 Å². The molecule has 45 heavy (non-hydrogen) atoms. The maximum Gasteiger partial charge on any atom is 0.255 e. The Hall–Kier alpha value is -3.82. The standard InChI is InChI=1S/C35H41ClN4O4S/c1-45-24-19-31-34(43)38-20-8-2-3-13-32(41)37-21-22-39-33(42)29-11-6-4-9-27(29)28-10-5-7-12-30(28)35(44)40(31)23-18-25-14-16-26(36)17-15-25/h4-7,9-12,14-17,31H,2-3,8,13,18-24H2,1H3,(H,37,41)(H,38,43)(H,39,42). The number of carbonyl (C=O) groups is 4. The topological polar surface area (TPSA) is 108 Å². The zero-order chi connectivity index (χ0) is 32.0. The van der Waals surface area contributed by atoms with Crippen molar-refractivity contribution < 1.29 is 19.2 Å². The molecule has 3 aromatic rings. The van der Waals surface area contributed by atoms with Gasteiger partial charge in [-0.1, -0.05) is 66.6 Å². The van der Waals surface area contributed by atoms with E-state index < -0.39 is 6.04 Å². The van der Waals surface area contributed by atoms with Crippen LogP contribution in [0.4, 0.5) is 0 Å². The number of fused-ring (bicyclic) bond motifs is 3. The molecule has 0 saturated carbocycles. The molecule has 1 aliphatic heterocycles. The molecule has 3 aromatic carbocycles. The third kappa shape index (κ3) is 9.83. The molecule has 238 valence electrons. The van der Waals surface area contributed by atoms with Crippen LogP contribution in [-0.2, 0) is 16.0 Å². The Morgan fingerprint density at radius 3 is 2.11 bits per heavy atom. The molecular weight excluding hydrogens is 608 g/mol. The van der Waals surface area contributed by atoms with Gasteiger partial charge in [0.05, 0.1) is 0 Å². The fraction of sp³-hybridized carbons (Fsp3) is 0.371. The first-order chi connectivity index (χ1) is 21.9. The second-order valence-corrected chi connectivity index (χ2v) is 12.4. The Kier molecular flexibility index (Phi) is 13.3. The van der Waals surface area contributed by atoms with E-state index in [0.29, 0.717) is 78.3 Å². The van der Waals surface area contributed by atoms with Gasteiger partial charge in [0.25, 0.3) is 11.8 Å². The number of hydrogen-bond acceptors (Lipinski definition) is 5. The summed E-state index contributed by atoms with van der Waals surface area (Å²) in [6, 6.07) is 21.2. The molecule has 0 bridgehead atoms. The molecule has 4 rings (SSSR count). The van der Waals surface area contributed by atoms with Crippen LogP contribution in [0.25, 0.3) is 11.1 Å². The van der Waals surface area contributed by atoms with Crippen molar-refractivity contribution in [2.24, 2.45) is 0 Å². The zero-order valence-corrected chi connectivity index (χ0v) is 27.2. The van der Waals surface area contributed by atoms with Crippen LogP contribution in [0.5, 0.6) is 0 Å². The number of nitrogens with zero attached hydrogens (tertiary/aromatic N) is 1. The molecule has 1 heterocycles. The summed E-state index contributed by atoms with van der Waals surface area (Å²) in [6.45, 7) is 1.38. The maximum absolute atomic E-state index is 14.6. The Morgan fingerprint density at radius 2 is 1.40 bits per heavy atom. The highest BCUT2D eigenvalue weighted by molar-refractivity contribution is 7.98. The summed E-state index contributed by atoms with van der Waals surface area (Å²) in [4.78, 5) is 55.7. The van der Waals surface area contributed by atoms with Crippen LogP contribution in [-0.4, -0.2) is 72.8 Å². The predicted octanol–water partition coefficient (Wildman–Crippen LogP) is 5.35. The van der Waals surface area contributed by atoms with E-state index in [0.717, 1.165) is 18.4 Å². The molecule has 4 amide bonds. The maximum atomic E-state index is 14.6. The quantitative estimate of drug-likeness (QED) is 0.334. The highest BCUT2D eigenvalue weighted by atomic mass is 35.5. The highest BCUT2D eigenvalue weighted by Gasteiger charge is 2.31. The van der Waals surface area contributed by atoms with Gasteiger partial charge in [-0.25, -0.2) is 0 Å². The summed E-state index contributed by atoms with van der Waals surface area (Å²) in [6.07, 6.45) is 5.59. The van der Waals surface area contributed by atoms with Crippen molar-refractivity contribution in [1.82, 2.24) is 20.9 Å². The summed E-state index contributed by atoms with van der Waals surface area (Å²) in [5.41, 5.74) is 3.05. The number of amides is 4. The highest BCUT2D eigenvalue weighted by Crippen LogP contribution is 2.29. The summed E-state index contributed by atoms with van der Waals surface area (Å²) in [5, 5.41) is 9.45. The lowest BCUT2D eigenvalue weighted by Crippen LogP contribution is -2.51. The first-order valence-corrected chi connectivity index (χ1v) is 17.2. The van der Waals surface area contributed by atoms with Crippen molar-refractivity contribution in [2.75, 3.05) is 38.2 Å². The van der Waals surface area contributed by atoms with Crippen molar-refractivity contribution in [3.8, 4) is 11.1 Å². The van der Waals surface area contributed by atoms with Gasteiger partial charge in [0, 0.05) is 48.7 Å². The first-order valence-electron chi connectivity index (χ1n) is 15.4. The average Bonchev–Trinajstić information content (AvgIpc) is 3.06. The summed E-state index contributed by atoms with van der Waals surface area (Å²) in [5.74, 6) is -0.133. The molecule has 0 aliphatic carbocycles. The second-order valence-electron chi connectivity index (χ2n) is 11.0. The van der Waals surface area contributed by atoms with Gasteiger partial charge >= 0.3 is 0 Å². The lowest BCUT2D eigenvalue weighted by molar-refractivity contribution is -0.126. The molecule has 8 nitrogen and oxygen atoms in total. The molecule has 0 radical (unpaired) electrons. The first kappa shape index (κ1) is 34.1. The Labute approximate surface area is 274 Å². The monoisotopic (exact) mass is 648 g/mol. The van der Waals surface area contributed by atoms with Crippen molar-refractivity contribution in [3.63, 3.8) is 0 Å². The largest absolute Gasteiger partial charge is 0.354 e. The van der Waals surface area contributed by atoms with Gasteiger partial charge in [-0.05, 0) is 78.6 Å². The summed E-state index contributed by atoms with van der Waals surface area (Å²) < 4.78 is 0. The van der Waals surface area contributed by atoms with Crippen LogP contribution in [0.2, 0.25) is 5.02 Å². The molecular formula is C35H41ClN4O4S. The summed E-state index contributed by atoms with van der Waals surface area (Å²) >= 11 is 7.74. The Bertz CT molecular complexity index is 1470. The number of carbonyl (C=O) groups excluding carboxylic acids is 4. The van der Waals surface area contributed by atoms with Crippen LogP contribution >= 0.6 is 23.4 Å². The Morgan fingerprint density at radius 1 is 0.756 bits per heavy atom. The molecule has 0 aromatic heterocycles. The lowest BCUT2D eigenvalue weighted by Gasteiger charge is -2.32. The number of rotatable bonds is 6.